The number of nitrogens with zero attached hydrogens (tertiary/aromatic N) is 1. The largest absolute Gasteiger partial charge is 0.491 e. The van der Waals surface area contributed by atoms with Gasteiger partial charge in [0.15, 0.2) is 5.78 Å². The van der Waals surface area contributed by atoms with Crippen molar-refractivity contribution in [2.45, 2.75) is 117 Å². The summed E-state index contributed by atoms with van der Waals surface area (Å²) >= 11 is 6.23. The number of ketones is 1. The van der Waals surface area contributed by atoms with E-state index >= 15 is 0 Å². The average Bonchev–Trinajstić information content (AvgIpc) is 4.01. The quantitative estimate of drug-likeness (QED) is 0.0533. The van der Waals surface area contributed by atoms with Gasteiger partial charge < -0.3 is 54.4 Å². The molecule has 3 amide bonds. The number of likely N-dealkylation sites (N-methyl/N-ethyl adjacent to an activating group) is 1. The molecule has 2 unspecified atom stereocenters. The van der Waals surface area contributed by atoms with Gasteiger partial charge in [0.05, 0.1) is 94.3 Å². The lowest BCUT2D eigenvalue weighted by Gasteiger charge is -2.63. The van der Waals surface area contributed by atoms with Gasteiger partial charge in [0.1, 0.15) is 30.3 Å². The number of nitrogens with one attached hydrogen (secondary N) is 4. The second-order valence-corrected chi connectivity index (χ2v) is 22.2. The molecule has 0 aliphatic heterocycles. The van der Waals surface area contributed by atoms with E-state index in [1.54, 1.807) is 56.4 Å². The van der Waals surface area contributed by atoms with Gasteiger partial charge in [0.25, 0.3) is 5.91 Å². The molecule has 0 aromatic heterocycles. The van der Waals surface area contributed by atoms with Gasteiger partial charge in [-0.15, -0.1) is 0 Å². The molecule has 0 saturated heterocycles. The van der Waals surface area contributed by atoms with Crippen molar-refractivity contribution in [1.29, 1.82) is 5.26 Å². The van der Waals surface area contributed by atoms with Gasteiger partial charge in [-0.25, -0.2) is 0 Å². The minimum Gasteiger partial charge on any atom is -0.491 e. The molecule has 0 radical (unpaired) electrons. The third kappa shape index (κ3) is 14.8. The number of hydrogen-bond acceptors (Lipinski definition) is 13. The van der Waals surface area contributed by atoms with E-state index in [1.807, 2.05) is 39.0 Å². The summed E-state index contributed by atoms with van der Waals surface area (Å²) in [6, 6.07) is 20.4. The van der Waals surface area contributed by atoms with E-state index in [4.69, 9.17) is 44.8 Å². The fourth-order valence-electron chi connectivity index (χ4n) is 10.8. The van der Waals surface area contributed by atoms with Crippen LogP contribution in [0.4, 0.5) is 0 Å². The fourth-order valence-corrected chi connectivity index (χ4v) is 11.0. The van der Waals surface area contributed by atoms with Gasteiger partial charge in [0.2, 0.25) is 11.8 Å². The first-order chi connectivity index (χ1) is 35.3. The number of nitriles is 1. The average molecular weight is 1040 g/mol. The second kappa shape index (κ2) is 26.6. The van der Waals surface area contributed by atoms with Gasteiger partial charge in [0, 0.05) is 46.8 Å². The summed E-state index contributed by atoms with van der Waals surface area (Å²) in [6.07, 6.45) is 2.13. The zero-order chi connectivity index (χ0) is 53.6. The van der Waals surface area contributed by atoms with Gasteiger partial charge in [-0.3, -0.25) is 19.2 Å². The summed E-state index contributed by atoms with van der Waals surface area (Å²) < 4.78 is 41.2. The second-order valence-electron chi connectivity index (χ2n) is 21.8. The summed E-state index contributed by atoms with van der Waals surface area (Å²) in [5.41, 5.74) is 1.76. The Labute approximate surface area is 442 Å². The number of ether oxygens (including phenoxy) is 7. The lowest BCUT2D eigenvalue weighted by molar-refractivity contribution is -0.164. The number of rotatable bonds is 28. The Morgan fingerprint density at radius 1 is 0.770 bits per heavy atom. The number of halogens is 1. The Bertz CT molecular complexity index is 2390. The Morgan fingerprint density at radius 2 is 1.35 bits per heavy atom. The highest BCUT2D eigenvalue weighted by Crippen LogP contribution is 2.55. The van der Waals surface area contributed by atoms with E-state index < -0.39 is 29.3 Å². The lowest BCUT2D eigenvalue weighted by atomic mass is 9.49. The van der Waals surface area contributed by atoms with Gasteiger partial charge >= 0.3 is 0 Å². The van der Waals surface area contributed by atoms with Crippen LogP contribution in [0.5, 0.6) is 11.5 Å². The molecule has 17 heteroatoms. The number of fused-ring (bicyclic) bond motifs is 1. The van der Waals surface area contributed by atoms with E-state index in [2.05, 4.69) is 61.1 Å². The molecule has 4 N–H and O–H groups in total. The van der Waals surface area contributed by atoms with Crippen LogP contribution in [0.15, 0.2) is 66.7 Å². The highest BCUT2D eigenvalue weighted by molar-refractivity contribution is 6.31. The highest BCUT2D eigenvalue weighted by Gasteiger charge is 2.64. The molecule has 3 aliphatic rings. The van der Waals surface area contributed by atoms with E-state index in [9.17, 15) is 24.4 Å². The number of carbonyl (C=O) groups is 4. The van der Waals surface area contributed by atoms with Crippen LogP contribution in [0.1, 0.15) is 108 Å². The van der Waals surface area contributed by atoms with E-state index in [0.717, 1.165) is 17.5 Å². The Balaban J connectivity index is 0.798. The van der Waals surface area contributed by atoms with Crippen molar-refractivity contribution in [2.24, 2.45) is 28.1 Å². The molecule has 6 atom stereocenters. The van der Waals surface area contributed by atoms with E-state index in [0.29, 0.717) is 113 Å². The van der Waals surface area contributed by atoms with Crippen LogP contribution in [0, 0.1) is 39.4 Å². The molecule has 2 saturated carbocycles. The maximum atomic E-state index is 14.1. The third-order valence-electron chi connectivity index (χ3n) is 14.7. The molecule has 0 spiro atoms. The zero-order valence-corrected chi connectivity index (χ0v) is 45.4. The monoisotopic (exact) mass is 1040 g/mol. The maximum Gasteiger partial charge on any atom is 0.251 e. The summed E-state index contributed by atoms with van der Waals surface area (Å²) in [5.74, 6) is -0.447. The molecule has 3 aromatic carbocycles. The van der Waals surface area contributed by atoms with Crippen molar-refractivity contribution in [2.75, 3.05) is 73.1 Å². The standard InChI is InChI=1S/C57H78ClN5O11/c1-36(60-9)50(65)62-49(55(2,3)4)48(64)43-15-12-16-44(43)52(67)61-47-42-14-11-10-13-38(42)33-46(47)73-32-30-71-28-26-69-24-23-68-25-27-70-29-31-72-40-20-17-37(18-21-40)51(66)63-53-56(5,6)54(57(53,7)8)74-41-22-19-39(35-59)45(58)34-41/h10-11,13-14,17-22,34,36,43-44,46-47,49,53-54,60H,12,15-16,23-33H2,1-9H3,(H,61,67)(H,62,65)(H,63,66)/t36-,43?,44+,46+,47-,49?,53?,54?/m0/s1. The van der Waals surface area contributed by atoms with Gasteiger partial charge in [-0.1, -0.05) is 90.8 Å². The zero-order valence-electron chi connectivity index (χ0n) is 44.7. The van der Waals surface area contributed by atoms with Crippen LogP contribution in [0.3, 0.4) is 0 Å². The van der Waals surface area contributed by atoms with Crippen molar-refractivity contribution in [3.05, 3.63) is 94.0 Å². The van der Waals surface area contributed by atoms with Crippen LogP contribution in [-0.2, 0) is 44.5 Å². The Morgan fingerprint density at radius 3 is 1.95 bits per heavy atom. The van der Waals surface area contributed by atoms with Crippen LogP contribution in [0.2, 0.25) is 5.02 Å². The molecule has 404 valence electrons. The van der Waals surface area contributed by atoms with Crippen LogP contribution < -0.4 is 30.7 Å². The van der Waals surface area contributed by atoms with Crippen LogP contribution >= 0.6 is 11.6 Å². The Hall–Kier alpha value is -5.12. The van der Waals surface area contributed by atoms with E-state index in [1.165, 1.54) is 0 Å². The van der Waals surface area contributed by atoms with E-state index in [-0.39, 0.29) is 58.6 Å². The van der Waals surface area contributed by atoms with Gasteiger partial charge in [-0.2, -0.15) is 5.26 Å². The molecule has 2 fully saturated rings. The van der Waals surface area contributed by atoms with Crippen molar-refractivity contribution in [3.63, 3.8) is 0 Å². The maximum absolute atomic E-state index is 14.1. The van der Waals surface area contributed by atoms with Crippen LogP contribution in [0.25, 0.3) is 0 Å². The van der Waals surface area contributed by atoms with Gasteiger partial charge in [-0.05, 0) is 79.8 Å². The number of hydrogen-bond donors (Lipinski definition) is 4. The smallest absolute Gasteiger partial charge is 0.251 e. The fraction of sp³-hybridized carbons (Fsp3) is 0.596. The molecule has 3 aliphatic carbocycles. The Kier molecular flexibility index (Phi) is 20.9. The first kappa shape index (κ1) is 58.1. The number of amides is 3. The van der Waals surface area contributed by atoms with Crippen molar-refractivity contribution >= 4 is 35.1 Å². The van der Waals surface area contributed by atoms with Crippen molar-refractivity contribution < 1.29 is 52.3 Å². The number of benzene rings is 3. The first-order valence-electron chi connectivity index (χ1n) is 26.0. The molecule has 0 bridgehead atoms. The summed E-state index contributed by atoms with van der Waals surface area (Å²) in [5, 5.41) is 21.9. The molecule has 74 heavy (non-hydrogen) atoms. The van der Waals surface area contributed by atoms with Crippen molar-refractivity contribution in [1.82, 2.24) is 21.3 Å². The number of carbonyl (C=O) groups excluding carboxylic acids is 4. The molecule has 16 nitrogen and oxygen atoms in total. The molecule has 6 rings (SSSR count). The van der Waals surface area contributed by atoms with Crippen LogP contribution in [-0.4, -0.2) is 127 Å². The third-order valence-corrected chi connectivity index (χ3v) is 15.0. The minimum absolute atomic E-state index is 0.0918. The molecular formula is C57H78ClN5O11. The highest BCUT2D eigenvalue weighted by atomic mass is 35.5. The molecule has 0 heterocycles. The molecular weight excluding hydrogens is 966 g/mol. The van der Waals surface area contributed by atoms with Crippen molar-refractivity contribution in [3.8, 4) is 17.6 Å². The summed E-state index contributed by atoms with van der Waals surface area (Å²) in [7, 11) is 1.70. The summed E-state index contributed by atoms with van der Waals surface area (Å²) in [4.78, 5) is 54.2. The SMILES string of the molecule is CN[C@@H](C)C(=O)NC(C(=O)C1CCC[C@H]1C(=O)N[C@H]1c2ccccc2C[C@H]1OCCOCCOCCOCCOCCOc1ccc(C(=O)NC2C(C)(C)C(Oc3ccc(C#N)c(Cl)c3)C2(C)C)cc1)C(C)(C)C. The topological polar surface area (TPSA) is 205 Å². The summed E-state index contributed by atoms with van der Waals surface area (Å²) in [6.45, 7) is 19.7. The lowest BCUT2D eigenvalue weighted by Crippen LogP contribution is -2.74. The predicted octanol–water partition coefficient (Wildman–Crippen LogP) is 7.19. The normalized spacial score (nSPS) is 22.3. The first-order valence-corrected chi connectivity index (χ1v) is 26.4. The number of Topliss-reactive ketones (excluding diaryl/α,β-unsaturated/α-hetero) is 1. The predicted molar refractivity (Wildman–Crippen MR) is 281 cm³/mol. The molecule has 3 aromatic rings. The minimum atomic E-state index is -0.720.